The van der Waals surface area contributed by atoms with Crippen LogP contribution in [-0.4, -0.2) is 47.1 Å². The first-order chi connectivity index (χ1) is 13.7. The molecule has 29 heavy (non-hydrogen) atoms. The lowest BCUT2D eigenvalue weighted by atomic mass is 9.90. The summed E-state index contributed by atoms with van der Waals surface area (Å²) in [6.45, 7) is 3.21. The molecule has 0 saturated heterocycles. The van der Waals surface area contributed by atoms with Crippen LogP contribution in [0.5, 0.6) is 5.75 Å². The average molecular weight is 420 g/mol. The first-order valence-corrected chi connectivity index (χ1v) is 10.4. The molecule has 156 valence electrons. The highest BCUT2D eigenvalue weighted by molar-refractivity contribution is 7.91. The van der Waals surface area contributed by atoms with E-state index in [9.17, 15) is 18.0 Å². The smallest absolute Gasteiger partial charge is 0.228 e. The Balaban J connectivity index is 2.21. The third kappa shape index (κ3) is 4.76. The van der Waals surface area contributed by atoms with E-state index in [0.29, 0.717) is 11.3 Å². The Morgan fingerprint density at radius 2 is 1.48 bits per heavy atom. The van der Waals surface area contributed by atoms with E-state index >= 15 is 0 Å². The van der Waals surface area contributed by atoms with Crippen molar-refractivity contribution in [2.24, 2.45) is 0 Å². The standard InChI is InChI=1S/C21H24O7S/c1-13(12-29(24,25)16-9-7-15(26-3)8-10-16)6-11-17-14(2)18(22)20(27-4)21(28-5)19(17)23/h6-10H,11-12H2,1-5H3/b13-6+. The van der Waals surface area contributed by atoms with E-state index in [1.54, 1.807) is 25.1 Å². The minimum Gasteiger partial charge on any atom is -0.497 e. The number of benzene rings is 1. The van der Waals surface area contributed by atoms with Crippen molar-refractivity contribution < 1.29 is 32.2 Å². The number of rotatable bonds is 8. The number of carbonyl (C=O) groups excluding carboxylic acids is 2. The molecular formula is C21H24O7S. The van der Waals surface area contributed by atoms with Gasteiger partial charge in [0.05, 0.1) is 32.0 Å². The number of carbonyl (C=O) groups is 2. The Morgan fingerprint density at radius 3 is 2.00 bits per heavy atom. The van der Waals surface area contributed by atoms with Gasteiger partial charge in [-0.1, -0.05) is 11.6 Å². The molecule has 1 aliphatic rings. The van der Waals surface area contributed by atoms with Gasteiger partial charge in [0, 0.05) is 11.1 Å². The molecule has 0 aliphatic heterocycles. The minimum atomic E-state index is -3.55. The van der Waals surface area contributed by atoms with E-state index in [1.807, 2.05) is 0 Å². The molecule has 2 rings (SSSR count). The van der Waals surface area contributed by atoms with Gasteiger partial charge < -0.3 is 14.2 Å². The summed E-state index contributed by atoms with van der Waals surface area (Å²) in [6.07, 6.45) is 1.75. The molecule has 8 heteroatoms. The van der Waals surface area contributed by atoms with Crippen LogP contribution < -0.4 is 4.74 Å². The zero-order valence-corrected chi connectivity index (χ0v) is 17.9. The first-order valence-electron chi connectivity index (χ1n) is 8.80. The topological polar surface area (TPSA) is 96.0 Å². The highest BCUT2D eigenvalue weighted by atomic mass is 32.2. The number of hydrogen-bond donors (Lipinski definition) is 0. The second kappa shape index (κ2) is 9.09. The van der Waals surface area contributed by atoms with E-state index in [2.05, 4.69) is 0 Å². The largest absolute Gasteiger partial charge is 0.497 e. The van der Waals surface area contributed by atoms with Crippen molar-refractivity contribution in [3.63, 3.8) is 0 Å². The molecule has 0 atom stereocenters. The molecule has 1 aromatic rings. The number of ether oxygens (including phenoxy) is 3. The van der Waals surface area contributed by atoms with E-state index in [0.717, 1.165) is 0 Å². The second-order valence-corrected chi connectivity index (χ2v) is 8.51. The zero-order chi connectivity index (χ0) is 21.8. The third-order valence-corrected chi connectivity index (χ3v) is 6.41. The van der Waals surface area contributed by atoms with Crippen LogP contribution in [0.4, 0.5) is 0 Å². The molecule has 0 radical (unpaired) electrons. The summed E-state index contributed by atoms with van der Waals surface area (Å²) < 4.78 is 40.3. The highest BCUT2D eigenvalue weighted by Gasteiger charge is 2.34. The van der Waals surface area contributed by atoms with Crippen LogP contribution in [-0.2, 0) is 28.9 Å². The molecule has 0 amide bonds. The summed E-state index contributed by atoms with van der Waals surface area (Å²) in [5, 5.41) is 0. The number of hydrogen-bond acceptors (Lipinski definition) is 7. The van der Waals surface area contributed by atoms with Crippen molar-refractivity contribution in [1.82, 2.24) is 0 Å². The van der Waals surface area contributed by atoms with Gasteiger partial charge in [0.25, 0.3) is 0 Å². The maximum Gasteiger partial charge on any atom is 0.228 e. The summed E-state index contributed by atoms with van der Waals surface area (Å²) in [7, 11) is 0.544. The van der Waals surface area contributed by atoms with Crippen LogP contribution in [0.3, 0.4) is 0 Å². The van der Waals surface area contributed by atoms with Gasteiger partial charge in [-0.2, -0.15) is 0 Å². The minimum absolute atomic E-state index is 0.115. The van der Waals surface area contributed by atoms with Gasteiger partial charge in [0.15, 0.2) is 9.84 Å². The highest BCUT2D eigenvalue weighted by Crippen LogP contribution is 2.28. The van der Waals surface area contributed by atoms with Gasteiger partial charge in [-0.05, 0) is 44.5 Å². The van der Waals surface area contributed by atoms with E-state index in [-0.39, 0.29) is 39.7 Å². The maximum atomic E-state index is 12.6. The lowest BCUT2D eigenvalue weighted by Gasteiger charge is -2.19. The van der Waals surface area contributed by atoms with Gasteiger partial charge in [-0.3, -0.25) is 9.59 Å². The van der Waals surface area contributed by atoms with Gasteiger partial charge in [-0.25, -0.2) is 8.42 Å². The molecule has 0 heterocycles. The summed E-state index contributed by atoms with van der Waals surface area (Å²) in [5.41, 5.74) is 1.07. The van der Waals surface area contributed by atoms with Crippen LogP contribution in [0.15, 0.2) is 63.5 Å². The fourth-order valence-corrected chi connectivity index (χ4v) is 4.37. The fourth-order valence-electron chi connectivity index (χ4n) is 2.94. The van der Waals surface area contributed by atoms with Crippen molar-refractivity contribution in [3.05, 3.63) is 58.6 Å². The summed E-state index contributed by atoms with van der Waals surface area (Å²) in [5.74, 6) is -0.767. The van der Waals surface area contributed by atoms with Crippen molar-refractivity contribution in [1.29, 1.82) is 0 Å². The van der Waals surface area contributed by atoms with Gasteiger partial charge in [0.1, 0.15) is 5.75 Å². The van der Waals surface area contributed by atoms with Crippen LogP contribution in [0.1, 0.15) is 20.3 Å². The molecule has 0 spiro atoms. The monoisotopic (exact) mass is 420 g/mol. The number of sulfone groups is 1. The van der Waals surface area contributed by atoms with E-state index in [4.69, 9.17) is 14.2 Å². The van der Waals surface area contributed by atoms with Crippen molar-refractivity contribution in [2.75, 3.05) is 27.1 Å². The summed E-state index contributed by atoms with van der Waals surface area (Å²) in [4.78, 5) is 25.2. The normalized spacial score (nSPS) is 15.7. The molecular weight excluding hydrogens is 396 g/mol. The fraction of sp³-hybridized carbons (Fsp3) is 0.333. The van der Waals surface area contributed by atoms with E-state index < -0.39 is 21.4 Å². The molecule has 0 N–H and O–H groups in total. The predicted molar refractivity (Wildman–Crippen MR) is 107 cm³/mol. The molecule has 0 fully saturated rings. The molecule has 0 aromatic heterocycles. The Bertz CT molecular complexity index is 1010. The van der Waals surface area contributed by atoms with Crippen molar-refractivity contribution in [3.8, 4) is 5.75 Å². The Kier molecular flexibility index (Phi) is 7.02. The quantitative estimate of drug-likeness (QED) is 0.471. The summed E-state index contributed by atoms with van der Waals surface area (Å²) >= 11 is 0. The number of methoxy groups -OCH3 is 3. The van der Waals surface area contributed by atoms with Crippen LogP contribution in [0, 0.1) is 0 Å². The first kappa shape index (κ1) is 22.4. The second-order valence-electron chi connectivity index (χ2n) is 6.52. The van der Waals surface area contributed by atoms with Crippen molar-refractivity contribution in [2.45, 2.75) is 25.2 Å². The van der Waals surface area contributed by atoms with Crippen LogP contribution in [0.2, 0.25) is 0 Å². The Morgan fingerprint density at radius 1 is 0.931 bits per heavy atom. The lowest BCUT2D eigenvalue weighted by Crippen LogP contribution is -2.24. The molecule has 1 aromatic carbocycles. The lowest BCUT2D eigenvalue weighted by molar-refractivity contribution is -0.121. The molecule has 1 aliphatic carbocycles. The SMILES string of the molecule is COC1=C(OC)C(=O)C(C/C=C(\C)CS(=O)(=O)c2ccc(OC)cc2)=C(C)C1=O. The number of Topliss-reactive ketones (excluding diaryl/α,β-unsaturated/α-hetero) is 2. The Labute approximate surface area is 170 Å². The Hall–Kier alpha value is -2.87. The zero-order valence-electron chi connectivity index (χ0n) is 17.1. The molecule has 7 nitrogen and oxygen atoms in total. The molecule has 0 saturated carbocycles. The van der Waals surface area contributed by atoms with Crippen LogP contribution in [0.25, 0.3) is 0 Å². The summed E-state index contributed by atoms with van der Waals surface area (Å²) in [6, 6.07) is 6.13. The maximum absolute atomic E-state index is 12.6. The van der Waals surface area contributed by atoms with Gasteiger partial charge in [0.2, 0.25) is 23.1 Å². The number of ketones is 2. The van der Waals surface area contributed by atoms with E-state index in [1.165, 1.54) is 40.4 Å². The van der Waals surface area contributed by atoms with Gasteiger partial charge in [-0.15, -0.1) is 0 Å². The average Bonchev–Trinajstić information content (AvgIpc) is 2.70. The molecule has 0 bridgehead atoms. The predicted octanol–water partition coefficient (Wildman–Crippen LogP) is 2.78. The molecule has 0 unspecified atom stereocenters. The third-order valence-electron chi connectivity index (χ3n) is 4.59. The van der Waals surface area contributed by atoms with Crippen molar-refractivity contribution >= 4 is 21.4 Å². The van der Waals surface area contributed by atoms with Gasteiger partial charge >= 0.3 is 0 Å². The number of allylic oxidation sites excluding steroid dienone is 3. The van der Waals surface area contributed by atoms with Crippen LogP contribution >= 0.6 is 0 Å².